The number of hydrogen-bond donors (Lipinski definition) is 3. The molecule has 156 valence electrons. The number of amides is 1. The number of ether oxygens (including phenoxy) is 1. The molecule has 1 heterocycles. The zero-order valence-electron chi connectivity index (χ0n) is 16.9. The molecule has 1 aromatic carbocycles. The average Bonchev–Trinajstić information content (AvgIpc) is 3.11. The van der Waals surface area contributed by atoms with E-state index in [0.717, 1.165) is 16.5 Å². The van der Waals surface area contributed by atoms with Crippen LogP contribution in [0.1, 0.15) is 32.3 Å². The fraction of sp³-hybridized carbons (Fsp3) is 0.429. The Kier molecular flexibility index (Phi) is 8.45. The van der Waals surface area contributed by atoms with Crippen LogP contribution in [0.5, 0.6) is 0 Å². The number of nitrogens with one attached hydrogen (secondary N) is 3. The molecule has 0 aliphatic heterocycles. The number of Topliss-reactive ketones (excluding diaryl/α,β-unsaturated/α-hetero) is 1. The van der Waals surface area contributed by atoms with Crippen molar-refractivity contribution in [3.8, 4) is 0 Å². The van der Waals surface area contributed by atoms with Gasteiger partial charge in [0.1, 0.15) is 6.04 Å². The maximum atomic E-state index is 12.9. The Morgan fingerprint density at radius 3 is 2.66 bits per heavy atom. The third kappa shape index (κ3) is 6.45. The maximum absolute atomic E-state index is 12.9. The predicted octanol–water partition coefficient (Wildman–Crippen LogP) is 2.88. The first-order valence-electron chi connectivity index (χ1n) is 9.47. The van der Waals surface area contributed by atoms with Gasteiger partial charge in [0.05, 0.1) is 17.6 Å². The number of aromatic amines is 1. The van der Waals surface area contributed by atoms with Gasteiger partial charge >= 0.3 is 5.97 Å². The molecule has 1 aromatic heterocycles. The third-order valence-electron chi connectivity index (χ3n) is 4.45. The summed E-state index contributed by atoms with van der Waals surface area (Å²) in [5, 5.41) is 10.4. The second kappa shape index (κ2) is 10.8. The SMILES string of the molecule is CS[C@@H](Cc1c[nH]c2ccccc12)C(=O)N[C@@H](CCC(=O)C=N)C(=O)OC(C)C. The predicted molar refractivity (Wildman–Crippen MR) is 115 cm³/mol. The molecule has 0 unspecified atom stereocenters. The van der Waals surface area contributed by atoms with E-state index in [1.165, 1.54) is 11.8 Å². The number of carbonyl (C=O) groups excluding carboxylic acids is 3. The Morgan fingerprint density at radius 1 is 1.28 bits per heavy atom. The minimum atomic E-state index is -0.925. The fourth-order valence-electron chi connectivity index (χ4n) is 2.97. The molecule has 0 bridgehead atoms. The molecular formula is C21H27N3O4S. The van der Waals surface area contributed by atoms with Crippen LogP contribution in [0.25, 0.3) is 10.9 Å². The minimum absolute atomic E-state index is 0.00593. The monoisotopic (exact) mass is 417 g/mol. The van der Waals surface area contributed by atoms with Crippen molar-refractivity contribution in [3.05, 3.63) is 36.0 Å². The first-order chi connectivity index (χ1) is 13.8. The zero-order chi connectivity index (χ0) is 21.4. The zero-order valence-corrected chi connectivity index (χ0v) is 17.7. The summed E-state index contributed by atoms with van der Waals surface area (Å²) in [5.74, 6) is -1.25. The van der Waals surface area contributed by atoms with Crippen LogP contribution in [0.4, 0.5) is 0 Å². The summed E-state index contributed by atoms with van der Waals surface area (Å²) in [6, 6.07) is 6.95. The summed E-state index contributed by atoms with van der Waals surface area (Å²) in [6.45, 7) is 3.45. The van der Waals surface area contributed by atoms with Crippen molar-refractivity contribution in [3.63, 3.8) is 0 Å². The van der Waals surface area contributed by atoms with Crippen molar-refractivity contribution in [1.29, 1.82) is 5.41 Å². The molecule has 2 rings (SSSR count). The van der Waals surface area contributed by atoms with Gasteiger partial charge in [0, 0.05) is 23.5 Å². The lowest BCUT2D eigenvalue weighted by Crippen LogP contribution is -2.46. The highest BCUT2D eigenvalue weighted by Gasteiger charge is 2.27. The lowest BCUT2D eigenvalue weighted by Gasteiger charge is -2.21. The van der Waals surface area contributed by atoms with Crippen molar-refractivity contribution in [2.24, 2.45) is 0 Å². The van der Waals surface area contributed by atoms with E-state index in [0.29, 0.717) is 12.6 Å². The van der Waals surface area contributed by atoms with Gasteiger partial charge in [-0.2, -0.15) is 11.8 Å². The van der Waals surface area contributed by atoms with E-state index in [9.17, 15) is 14.4 Å². The van der Waals surface area contributed by atoms with E-state index < -0.39 is 23.0 Å². The normalized spacial score (nSPS) is 13.1. The number of ketones is 1. The van der Waals surface area contributed by atoms with E-state index in [1.807, 2.05) is 36.7 Å². The molecule has 0 aliphatic carbocycles. The van der Waals surface area contributed by atoms with E-state index in [1.54, 1.807) is 13.8 Å². The molecule has 0 fully saturated rings. The van der Waals surface area contributed by atoms with Crippen LogP contribution in [0.3, 0.4) is 0 Å². The Balaban J connectivity index is 2.10. The number of fused-ring (bicyclic) bond motifs is 1. The van der Waals surface area contributed by atoms with E-state index >= 15 is 0 Å². The van der Waals surface area contributed by atoms with Crippen LogP contribution in [-0.4, -0.2) is 52.5 Å². The first kappa shape index (κ1) is 22.7. The Labute approximate surface area is 174 Å². The van der Waals surface area contributed by atoms with Crippen LogP contribution >= 0.6 is 11.8 Å². The Morgan fingerprint density at radius 2 is 2.00 bits per heavy atom. The van der Waals surface area contributed by atoms with Crippen LogP contribution in [-0.2, 0) is 25.5 Å². The van der Waals surface area contributed by atoms with Gasteiger partial charge in [-0.05, 0) is 44.6 Å². The van der Waals surface area contributed by atoms with Gasteiger partial charge in [-0.15, -0.1) is 0 Å². The molecular weight excluding hydrogens is 390 g/mol. The first-order valence-corrected chi connectivity index (χ1v) is 10.8. The summed E-state index contributed by atoms with van der Waals surface area (Å²) in [5.41, 5.74) is 2.03. The molecule has 0 spiro atoms. The number of rotatable bonds is 11. The number of thioether (sulfide) groups is 1. The van der Waals surface area contributed by atoms with Crippen molar-refractivity contribution < 1.29 is 19.1 Å². The average molecular weight is 418 g/mol. The van der Waals surface area contributed by atoms with E-state index in [2.05, 4.69) is 10.3 Å². The third-order valence-corrected chi connectivity index (χ3v) is 5.40. The number of esters is 1. The number of H-pyrrole nitrogens is 1. The molecule has 1 amide bonds. The molecule has 0 aliphatic rings. The molecule has 29 heavy (non-hydrogen) atoms. The molecule has 8 heteroatoms. The molecule has 3 N–H and O–H groups in total. The Bertz CT molecular complexity index is 878. The van der Waals surface area contributed by atoms with Crippen molar-refractivity contribution in [2.75, 3.05) is 6.26 Å². The standard InChI is InChI=1S/C21H27N3O4S/c1-13(2)28-21(27)18(9-8-15(25)11-22)24-20(26)19(29-3)10-14-12-23-17-7-5-4-6-16(14)17/h4-7,11-13,18-19,22-23H,8-10H2,1-3H3,(H,24,26)/t18-,19-/m0/s1. The second-order valence-electron chi connectivity index (χ2n) is 6.98. The van der Waals surface area contributed by atoms with Crippen LogP contribution in [0, 0.1) is 5.41 Å². The quantitative estimate of drug-likeness (QED) is 0.384. The van der Waals surface area contributed by atoms with Crippen molar-refractivity contribution in [1.82, 2.24) is 10.3 Å². The summed E-state index contributed by atoms with van der Waals surface area (Å²) < 4.78 is 5.22. The van der Waals surface area contributed by atoms with Gasteiger partial charge < -0.3 is 20.4 Å². The van der Waals surface area contributed by atoms with Gasteiger partial charge in [0.15, 0.2) is 5.78 Å². The molecule has 7 nitrogen and oxygen atoms in total. The summed E-state index contributed by atoms with van der Waals surface area (Å²) >= 11 is 1.40. The highest BCUT2D eigenvalue weighted by Crippen LogP contribution is 2.22. The van der Waals surface area contributed by atoms with Gasteiger partial charge in [0.25, 0.3) is 0 Å². The van der Waals surface area contributed by atoms with Gasteiger partial charge in [-0.1, -0.05) is 18.2 Å². The second-order valence-corrected chi connectivity index (χ2v) is 8.02. The topological polar surface area (TPSA) is 112 Å². The fourth-order valence-corrected chi connectivity index (χ4v) is 3.60. The number of hydrogen-bond acceptors (Lipinski definition) is 6. The summed E-state index contributed by atoms with van der Waals surface area (Å²) in [4.78, 5) is 39.9. The molecule has 0 saturated carbocycles. The highest BCUT2D eigenvalue weighted by atomic mass is 32.2. The number of aromatic nitrogens is 1. The van der Waals surface area contributed by atoms with Gasteiger partial charge in [-0.25, -0.2) is 4.79 Å². The molecule has 0 saturated heterocycles. The Hall–Kier alpha value is -2.61. The smallest absolute Gasteiger partial charge is 0.328 e. The molecule has 2 atom stereocenters. The van der Waals surface area contributed by atoms with Crippen LogP contribution in [0.2, 0.25) is 0 Å². The summed E-state index contributed by atoms with van der Waals surface area (Å²) in [7, 11) is 0. The van der Waals surface area contributed by atoms with Gasteiger partial charge in [0.2, 0.25) is 5.91 Å². The number of benzene rings is 1. The van der Waals surface area contributed by atoms with E-state index in [-0.39, 0.29) is 24.9 Å². The lowest BCUT2D eigenvalue weighted by atomic mass is 10.1. The number of carbonyl (C=O) groups is 3. The van der Waals surface area contributed by atoms with Gasteiger partial charge in [-0.3, -0.25) is 9.59 Å². The minimum Gasteiger partial charge on any atom is -0.461 e. The molecule has 2 aromatic rings. The lowest BCUT2D eigenvalue weighted by molar-refractivity contribution is -0.151. The van der Waals surface area contributed by atoms with Crippen molar-refractivity contribution in [2.45, 2.75) is 50.5 Å². The largest absolute Gasteiger partial charge is 0.461 e. The van der Waals surface area contributed by atoms with E-state index in [4.69, 9.17) is 10.1 Å². The highest BCUT2D eigenvalue weighted by molar-refractivity contribution is 7.99. The van der Waals surface area contributed by atoms with Crippen molar-refractivity contribution >= 4 is 46.5 Å². The number of para-hydroxylation sites is 1. The summed E-state index contributed by atoms with van der Waals surface area (Å²) in [6.07, 6.45) is 4.72. The maximum Gasteiger partial charge on any atom is 0.328 e. The van der Waals surface area contributed by atoms with Crippen LogP contribution in [0.15, 0.2) is 30.5 Å². The molecule has 0 radical (unpaired) electrons. The van der Waals surface area contributed by atoms with Crippen LogP contribution < -0.4 is 5.32 Å².